The molecule has 2 nitrogen and oxygen atoms in total. The van der Waals surface area contributed by atoms with E-state index >= 15 is 0 Å². The first-order chi connectivity index (χ1) is 5.76. The van der Waals surface area contributed by atoms with Crippen LogP contribution in [0.1, 0.15) is 13.3 Å². The molecule has 0 bridgehead atoms. The average Bonchev–Trinajstić information content (AvgIpc) is 2.07. The molecule has 0 heterocycles. The molecule has 1 unspecified atom stereocenters. The zero-order chi connectivity index (χ0) is 9.40. The van der Waals surface area contributed by atoms with Gasteiger partial charge < -0.3 is 10.1 Å². The van der Waals surface area contributed by atoms with Crippen LogP contribution >= 0.6 is 0 Å². The standard InChI is InChI=1S/C10H19NO/c1-5-10(6-2)9(3)11-7-8-12-4/h5,10-11H,1,3,6-8H2,2,4H3. The van der Waals surface area contributed by atoms with Gasteiger partial charge in [0.1, 0.15) is 0 Å². The van der Waals surface area contributed by atoms with E-state index in [9.17, 15) is 0 Å². The molecule has 0 aliphatic rings. The highest BCUT2D eigenvalue weighted by molar-refractivity contribution is 5.04. The molecule has 2 heteroatoms. The van der Waals surface area contributed by atoms with Gasteiger partial charge in [-0.15, -0.1) is 6.58 Å². The van der Waals surface area contributed by atoms with E-state index in [4.69, 9.17) is 4.74 Å². The van der Waals surface area contributed by atoms with Gasteiger partial charge in [0, 0.05) is 25.3 Å². The Balaban J connectivity index is 3.62. The molecule has 0 aromatic carbocycles. The van der Waals surface area contributed by atoms with Crippen LogP contribution in [0, 0.1) is 5.92 Å². The predicted octanol–water partition coefficient (Wildman–Crippen LogP) is 1.95. The molecule has 0 aromatic rings. The van der Waals surface area contributed by atoms with Crippen LogP contribution in [0.15, 0.2) is 24.9 Å². The van der Waals surface area contributed by atoms with E-state index in [1.54, 1.807) is 7.11 Å². The summed E-state index contributed by atoms with van der Waals surface area (Å²) in [6.45, 7) is 11.3. The van der Waals surface area contributed by atoms with Crippen molar-refractivity contribution in [1.82, 2.24) is 5.32 Å². The molecule has 0 fully saturated rings. The normalized spacial score (nSPS) is 12.2. The van der Waals surface area contributed by atoms with Crippen molar-refractivity contribution < 1.29 is 4.74 Å². The van der Waals surface area contributed by atoms with Crippen LogP contribution in [0.5, 0.6) is 0 Å². The lowest BCUT2D eigenvalue weighted by molar-refractivity contribution is 0.201. The van der Waals surface area contributed by atoms with Crippen LogP contribution in [0.4, 0.5) is 0 Å². The number of allylic oxidation sites excluding steroid dienone is 1. The van der Waals surface area contributed by atoms with Crippen molar-refractivity contribution in [3.05, 3.63) is 24.9 Å². The van der Waals surface area contributed by atoms with Crippen LogP contribution in [0.2, 0.25) is 0 Å². The first-order valence-corrected chi connectivity index (χ1v) is 4.30. The van der Waals surface area contributed by atoms with Crippen molar-refractivity contribution >= 4 is 0 Å². The topological polar surface area (TPSA) is 21.3 Å². The number of ether oxygens (including phenoxy) is 1. The van der Waals surface area contributed by atoms with E-state index in [0.717, 1.165) is 18.7 Å². The fourth-order valence-corrected chi connectivity index (χ4v) is 1.00. The van der Waals surface area contributed by atoms with Crippen molar-refractivity contribution in [1.29, 1.82) is 0 Å². The van der Waals surface area contributed by atoms with Crippen LogP contribution in [-0.4, -0.2) is 20.3 Å². The molecular formula is C10H19NO. The molecule has 70 valence electrons. The van der Waals surface area contributed by atoms with Gasteiger partial charge in [0.2, 0.25) is 0 Å². The van der Waals surface area contributed by atoms with Gasteiger partial charge in [0.15, 0.2) is 0 Å². The van der Waals surface area contributed by atoms with Gasteiger partial charge in [0.05, 0.1) is 6.61 Å². The van der Waals surface area contributed by atoms with Crippen LogP contribution < -0.4 is 5.32 Å². The minimum absolute atomic E-state index is 0.377. The Labute approximate surface area is 75.3 Å². The van der Waals surface area contributed by atoms with Crippen molar-refractivity contribution in [2.45, 2.75) is 13.3 Å². The highest BCUT2D eigenvalue weighted by Gasteiger charge is 2.03. The highest BCUT2D eigenvalue weighted by Crippen LogP contribution is 2.10. The van der Waals surface area contributed by atoms with E-state index in [-0.39, 0.29) is 0 Å². The molecule has 1 atom stereocenters. The Morgan fingerprint density at radius 1 is 1.67 bits per heavy atom. The molecule has 0 spiro atoms. The quantitative estimate of drug-likeness (QED) is 0.464. The van der Waals surface area contributed by atoms with Gasteiger partial charge in [-0.1, -0.05) is 19.6 Å². The lowest BCUT2D eigenvalue weighted by Gasteiger charge is -2.15. The molecule has 0 rings (SSSR count). The zero-order valence-corrected chi connectivity index (χ0v) is 8.10. The monoisotopic (exact) mass is 169 g/mol. The summed E-state index contributed by atoms with van der Waals surface area (Å²) in [7, 11) is 1.69. The summed E-state index contributed by atoms with van der Waals surface area (Å²) in [5.74, 6) is 0.377. The van der Waals surface area contributed by atoms with Gasteiger partial charge >= 0.3 is 0 Å². The molecule has 0 radical (unpaired) electrons. The molecule has 0 saturated carbocycles. The Kier molecular flexibility index (Phi) is 6.48. The number of rotatable bonds is 7. The number of hydrogen-bond acceptors (Lipinski definition) is 2. The summed E-state index contributed by atoms with van der Waals surface area (Å²) >= 11 is 0. The second-order valence-corrected chi connectivity index (χ2v) is 2.70. The molecule has 0 aliphatic carbocycles. The van der Waals surface area contributed by atoms with Crippen molar-refractivity contribution in [3.8, 4) is 0 Å². The zero-order valence-electron chi connectivity index (χ0n) is 8.10. The SMILES string of the molecule is C=CC(CC)C(=C)NCCOC. The maximum absolute atomic E-state index is 4.91. The van der Waals surface area contributed by atoms with Gasteiger partial charge in [0.25, 0.3) is 0 Å². The third-order valence-corrected chi connectivity index (χ3v) is 1.83. The van der Waals surface area contributed by atoms with Crippen LogP contribution in [0.25, 0.3) is 0 Å². The maximum Gasteiger partial charge on any atom is 0.0635 e. The summed E-state index contributed by atoms with van der Waals surface area (Å²) in [5.41, 5.74) is 1.03. The third-order valence-electron chi connectivity index (χ3n) is 1.83. The highest BCUT2D eigenvalue weighted by atomic mass is 16.5. The van der Waals surface area contributed by atoms with E-state index in [1.807, 2.05) is 6.08 Å². The van der Waals surface area contributed by atoms with Crippen molar-refractivity contribution in [3.63, 3.8) is 0 Å². The second-order valence-electron chi connectivity index (χ2n) is 2.70. The van der Waals surface area contributed by atoms with Gasteiger partial charge in [-0.05, 0) is 6.42 Å². The third kappa shape index (κ3) is 4.19. The fraction of sp³-hybridized carbons (Fsp3) is 0.600. The summed E-state index contributed by atoms with van der Waals surface area (Å²) in [6.07, 6.45) is 2.96. The van der Waals surface area contributed by atoms with E-state index < -0.39 is 0 Å². The number of hydrogen-bond donors (Lipinski definition) is 1. The van der Waals surface area contributed by atoms with Crippen molar-refractivity contribution in [2.24, 2.45) is 5.92 Å². The lowest BCUT2D eigenvalue weighted by Crippen LogP contribution is -2.22. The number of methoxy groups -OCH3 is 1. The minimum Gasteiger partial charge on any atom is -0.386 e. The Morgan fingerprint density at radius 2 is 2.33 bits per heavy atom. The first kappa shape index (κ1) is 11.2. The van der Waals surface area contributed by atoms with E-state index in [2.05, 4.69) is 25.4 Å². The first-order valence-electron chi connectivity index (χ1n) is 4.30. The summed E-state index contributed by atoms with van der Waals surface area (Å²) in [6, 6.07) is 0. The van der Waals surface area contributed by atoms with Gasteiger partial charge in [-0.25, -0.2) is 0 Å². The average molecular weight is 169 g/mol. The minimum atomic E-state index is 0.377. The van der Waals surface area contributed by atoms with Gasteiger partial charge in [-0.2, -0.15) is 0 Å². The molecular weight excluding hydrogens is 150 g/mol. The molecule has 0 aliphatic heterocycles. The van der Waals surface area contributed by atoms with E-state index in [1.165, 1.54) is 0 Å². The summed E-state index contributed by atoms with van der Waals surface area (Å²) in [5, 5.41) is 3.19. The largest absolute Gasteiger partial charge is 0.386 e. The summed E-state index contributed by atoms with van der Waals surface area (Å²) in [4.78, 5) is 0. The Bertz CT molecular complexity index is 143. The molecule has 0 saturated heterocycles. The molecule has 0 aromatic heterocycles. The molecule has 1 N–H and O–H groups in total. The maximum atomic E-state index is 4.91. The fourth-order valence-electron chi connectivity index (χ4n) is 1.00. The van der Waals surface area contributed by atoms with Crippen molar-refractivity contribution in [2.75, 3.05) is 20.3 Å². The Morgan fingerprint density at radius 3 is 2.75 bits per heavy atom. The smallest absolute Gasteiger partial charge is 0.0635 e. The van der Waals surface area contributed by atoms with Gasteiger partial charge in [-0.3, -0.25) is 0 Å². The summed E-state index contributed by atoms with van der Waals surface area (Å²) < 4.78 is 4.91. The van der Waals surface area contributed by atoms with Crippen LogP contribution in [-0.2, 0) is 4.74 Å². The number of nitrogens with one attached hydrogen (secondary N) is 1. The lowest BCUT2D eigenvalue weighted by atomic mass is 10.0. The molecule has 0 amide bonds. The van der Waals surface area contributed by atoms with Crippen LogP contribution in [0.3, 0.4) is 0 Å². The Hall–Kier alpha value is -0.760. The molecule has 12 heavy (non-hydrogen) atoms. The van der Waals surface area contributed by atoms with E-state index in [0.29, 0.717) is 12.5 Å². The second kappa shape index (κ2) is 6.92. The predicted molar refractivity (Wildman–Crippen MR) is 53.0 cm³/mol.